The number of carbonyl (C=O) groups excluding carboxylic acids is 5. The largest absolute Gasteiger partial charge is 0.460 e. The van der Waals surface area contributed by atoms with E-state index in [1.165, 1.54) is 12.0 Å². The molecule has 3 heterocycles. The number of amides is 1. The van der Waals surface area contributed by atoms with Crippen molar-refractivity contribution in [3.8, 4) is 0 Å². The van der Waals surface area contributed by atoms with Gasteiger partial charge in [-0.3, -0.25) is 19.2 Å². The maximum Gasteiger partial charge on any atom is 0.329 e. The van der Waals surface area contributed by atoms with E-state index in [9.17, 15) is 39.3 Å². The Morgan fingerprint density at radius 2 is 1.57 bits per heavy atom. The Kier molecular flexibility index (Phi) is 21.0. The van der Waals surface area contributed by atoms with Gasteiger partial charge in [-0.2, -0.15) is 0 Å². The zero-order valence-corrected chi connectivity index (χ0v) is 40.6. The predicted octanol–water partition coefficient (Wildman–Crippen LogP) is 6.18. The maximum atomic E-state index is 14.4. The number of ketones is 3. The summed E-state index contributed by atoms with van der Waals surface area (Å²) in [5.74, 6) is -7.96. The van der Waals surface area contributed by atoms with Gasteiger partial charge < -0.3 is 43.9 Å². The highest BCUT2D eigenvalue weighted by Crippen LogP contribution is 2.38. The lowest BCUT2D eigenvalue weighted by atomic mass is 9.78. The third kappa shape index (κ3) is 14.3. The van der Waals surface area contributed by atoms with E-state index in [0.717, 1.165) is 12.0 Å². The molecule has 2 unspecified atom stereocenters. The first-order chi connectivity index (χ1) is 30.7. The van der Waals surface area contributed by atoms with Gasteiger partial charge in [-0.1, -0.05) is 71.1 Å². The van der Waals surface area contributed by atoms with Crippen LogP contribution in [0.3, 0.4) is 0 Å². The van der Waals surface area contributed by atoms with Crippen LogP contribution in [0, 0.1) is 35.5 Å². The second-order valence-corrected chi connectivity index (χ2v) is 19.6. The molecule has 2 saturated heterocycles. The average Bonchev–Trinajstić information content (AvgIpc) is 3.28. The number of cyclic esters (lactones) is 1. The van der Waals surface area contributed by atoms with Crippen LogP contribution in [0.15, 0.2) is 47.6 Å². The van der Waals surface area contributed by atoms with E-state index >= 15 is 0 Å². The van der Waals surface area contributed by atoms with Crippen LogP contribution >= 0.6 is 0 Å². The van der Waals surface area contributed by atoms with E-state index < -0.39 is 83.9 Å². The molecule has 1 saturated carbocycles. The average molecular weight is 914 g/mol. The number of ether oxygens (including phenoxy) is 5. The van der Waals surface area contributed by atoms with Crippen molar-refractivity contribution >= 4 is 29.2 Å². The first-order valence-corrected chi connectivity index (χ1v) is 23.9. The summed E-state index contributed by atoms with van der Waals surface area (Å²) in [4.78, 5) is 71.8. The van der Waals surface area contributed by atoms with E-state index in [1.807, 2.05) is 58.1 Å². The summed E-state index contributed by atoms with van der Waals surface area (Å²) in [5, 5.41) is 33.8. The minimum Gasteiger partial charge on any atom is -0.460 e. The third-order valence-electron chi connectivity index (χ3n) is 14.5. The van der Waals surface area contributed by atoms with Crippen LogP contribution in [-0.4, -0.2) is 132 Å². The molecule has 366 valence electrons. The van der Waals surface area contributed by atoms with Gasteiger partial charge in [0.2, 0.25) is 5.79 Å². The highest BCUT2D eigenvalue weighted by molar-refractivity contribution is 6.39. The van der Waals surface area contributed by atoms with Gasteiger partial charge in [0, 0.05) is 58.5 Å². The van der Waals surface area contributed by atoms with Crippen molar-refractivity contribution in [2.24, 2.45) is 35.5 Å². The zero-order valence-electron chi connectivity index (χ0n) is 40.6. The van der Waals surface area contributed by atoms with Crippen LogP contribution in [0.25, 0.3) is 0 Å². The van der Waals surface area contributed by atoms with Crippen molar-refractivity contribution in [1.29, 1.82) is 0 Å². The molecule has 0 aromatic heterocycles. The van der Waals surface area contributed by atoms with Gasteiger partial charge in [0.1, 0.15) is 30.1 Å². The fraction of sp³-hybridized carbons (Fsp3) is 0.745. The number of aliphatic hydroxyl groups is 3. The summed E-state index contributed by atoms with van der Waals surface area (Å²) in [7, 11) is 4.52. The molecule has 4 aliphatic rings. The van der Waals surface area contributed by atoms with Gasteiger partial charge in [0.15, 0.2) is 5.78 Å². The molecule has 0 radical (unpaired) electrons. The second kappa shape index (κ2) is 25.1. The number of aliphatic hydroxyl groups excluding tert-OH is 2. The molecular formula is C51H79NO13. The zero-order chi connectivity index (χ0) is 48.2. The molecule has 4 rings (SSSR count). The Morgan fingerprint density at radius 3 is 2.25 bits per heavy atom. The molecule has 1 aliphatic carbocycles. The van der Waals surface area contributed by atoms with Crippen molar-refractivity contribution in [1.82, 2.24) is 4.90 Å². The smallest absolute Gasteiger partial charge is 0.329 e. The molecule has 3 fully saturated rings. The van der Waals surface area contributed by atoms with Gasteiger partial charge in [-0.15, -0.1) is 0 Å². The third-order valence-corrected chi connectivity index (χ3v) is 14.5. The normalized spacial score (nSPS) is 37.8. The standard InChI is InChI=1S/C51H79NO13/c1-30-16-12-11-13-17-31(2)42(61-8)28-38-21-19-36(7)51(60,65-38)48(57)49(58)52-23-15-14-18-39(52)50(59)64-43(33(4)26-37-20-22-40(53)44(27-37)62-9)29-41(54)32(3)25-35(6)46(56)47(63-10)45(55)34(5)24-30/h11-13,16-17,25,30,32-34,36-40,42-44,46-47,53,56,60H,14-15,18-24,26-29H2,1-10H3/t30-,32-,33-,34-,36-,37?,38?,39+,40-,42+,43+,44-,46-,47+,51-/m1/s1. The Labute approximate surface area is 387 Å². The summed E-state index contributed by atoms with van der Waals surface area (Å²) >= 11 is 0. The molecule has 2 bridgehead atoms. The Morgan fingerprint density at radius 1 is 0.846 bits per heavy atom. The highest BCUT2D eigenvalue weighted by atomic mass is 16.6. The molecule has 0 spiro atoms. The van der Waals surface area contributed by atoms with E-state index in [1.54, 1.807) is 41.1 Å². The fourth-order valence-corrected chi connectivity index (χ4v) is 10.1. The molecule has 65 heavy (non-hydrogen) atoms. The Balaban J connectivity index is 1.70. The Bertz CT molecular complexity index is 1760. The summed E-state index contributed by atoms with van der Waals surface area (Å²) in [5.41, 5.74) is 1.27. The molecule has 15 atom stereocenters. The summed E-state index contributed by atoms with van der Waals surface area (Å²) in [6, 6.07) is -1.14. The number of nitrogens with zero attached hydrogens (tertiary/aromatic N) is 1. The Hall–Kier alpha value is -3.37. The quantitative estimate of drug-likeness (QED) is 0.156. The number of allylic oxidation sites excluding steroid dienone is 6. The number of hydrogen-bond donors (Lipinski definition) is 3. The molecule has 3 aliphatic heterocycles. The molecule has 1 amide bonds. The second-order valence-electron chi connectivity index (χ2n) is 19.6. The first kappa shape index (κ1) is 54.2. The van der Waals surface area contributed by atoms with Crippen molar-refractivity contribution in [2.75, 3.05) is 27.9 Å². The molecule has 14 heteroatoms. The number of methoxy groups -OCH3 is 3. The van der Waals surface area contributed by atoms with Crippen molar-refractivity contribution in [3.05, 3.63) is 47.6 Å². The number of rotatable bonds is 6. The van der Waals surface area contributed by atoms with Crippen molar-refractivity contribution in [3.63, 3.8) is 0 Å². The topological polar surface area (TPSA) is 195 Å². The van der Waals surface area contributed by atoms with Crippen LogP contribution in [-0.2, 0) is 47.7 Å². The number of carbonyl (C=O) groups is 5. The van der Waals surface area contributed by atoms with Gasteiger partial charge in [0.25, 0.3) is 11.7 Å². The van der Waals surface area contributed by atoms with E-state index in [2.05, 4.69) is 0 Å². The first-order valence-electron chi connectivity index (χ1n) is 23.9. The summed E-state index contributed by atoms with van der Waals surface area (Å²) in [6.45, 7) is 12.7. The van der Waals surface area contributed by atoms with Crippen molar-refractivity contribution < 1.29 is 63.0 Å². The van der Waals surface area contributed by atoms with E-state index in [4.69, 9.17) is 23.7 Å². The molecule has 0 aromatic carbocycles. The van der Waals surface area contributed by atoms with Crippen LogP contribution in [0.5, 0.6) is 0 Å². The van der Waals surface area contributed by atoms with E-state index in [0.29, 0.717) is 63.4 Å². The van der Waals surface area contributed by atoms with Crippen LogP contribution in [0.4, 0.5) is 0 Å². The van der Waals surface area contributed by atoms with E-state index in [-0.39, 0.29) is 54.8 Å². The maximum absolute atomic E-state index is 14.4. The SMILES string of the molecule is CO[C@H]1CC2CC[C@@H](C)[C@@](O)(O2)C(=O)C(=O)N2CCCC[C@H]2C(=O)O[C@H]([C@H](C)CC2CC[C@@H](O)[C@H](OC)C2)CC(=O)[C@H](C)C=C(C)[C@@H](O)[C@@H](OC)C(=O)[C@H](C)C[C@H](C)C=CC=CC=C1C. The van der Waals surface area contributed by atoms with Gasteiger partial charge in [0.05, 0.1) is 24.4 Å². The molecule has 0 aromatic rings. The van der Waals surface area contributed by atoms with Gasteiger partial charge in [-0.25, -0.2) is 4.79 Å². The summed E-state index contributed by atoms with van der Waals surface area (Å²) in [6.07, 6.45) is 11.2. The fourth-order valence-electron chi connectivity index (χ4n) is 10.1. The van der Waals surface area contributed by atoms with Crippen LogP contribution in [0.1, 0.15) is 126 Å². The van der Waals surface area contributed by atoms with Crippen molar-refractivity contribution in [2.45, 2.75) is 180 Å². The lowest BCUT2D eigenvalue weighted by Gasteiger charge is -2.42. The predicted molar refractivity (Wildman–Crippen MR) is 245 cm³/mol. The molecular weight excluding hydrogens is 835 g/mol. The van der Waals surface area contributed by atoms with Gasteiger partial charge >= 0.3 is 5.97 Å². The summed E-state index contributed by atoms with van der Waals surface area (Å²) < 4.78 is 29.4. The minimum atomic E-state index is -2.43. The van der Waals surface area contributed by atoms with Crippen LogP contribution < -0.4 is 0 Å². The number of fused-ring (bicyclic) bond motifs is 3. The molecule has 14 nitrogen and oxygen atoms in total. The number of piperidine rings is 1. The number of esters is 1. The van der Waals surface area contributed by atoms with Gasteiger partial charge in [-0.05, 0) is 107 Å². The number of hydrogen-bond acceptors (Lipinski definition) is 13. The monoisotopic (exact) mass is 914 g/mol. The number of Topliss-reactive ketones (excluding diaryl/α,β-unsaturated/α-hetero) is 3. The lowest BCUT2D eigenvalue weighted by molar-refractivity contribution is -0.265. The minimum absolute atomic E-state index is 0.0193. The molecule has 3 N–H and O–H groups in total. The highest BCUT2D eigenvalue weighted by Gasteiger charge is 2.53. The lowest BCUT2D eigenvalue weighted by Crippen LogP contribution is -2.61. The van der Waals surface area contributed by atoms with Crippen LogP contribution in [0.2, 0.25) is 0 Å².